The number of esters is 2. The van der Waals surface area contributed by atoms with Crippen molar-refractivity contribution >= 4 is 24.1 Å². The first-order valence-electron chi connectivity index (χ1n) is 13.4. The van der Waals surface area contributed by atoms with Crippen LogP contribution < -0.4 is 17.2 Å². The van der Waals surface area contributed by atoms with E-state index in [0.29, 0.717) is 18.9 Å². The summed E-state index contributed by atoms with van der Waals surface area (Å²) in [7, 11) is 0. The third kappa shape index (κ3) is 19.8. The predicted molar refractivity (Wildman–Crippen MR) is 144 cm³/mol. The van der Waals surface area contributed by atoms with Crippen LogP contribution in [0.3, 0.4) is 0 Å². The van der Waals surface area contributed by atoms with Gasteiger partial charge in [-0.2, -0.15) is 0 Å². The number of aliphatic imine (C=N–C) groups is 1. The zero-order valence-electron chi connectivity index (χ0n) is 23.1. The molecular formula is C27H50N4O5. The molecule has 0 aromatic heterocycles. The molecule has 9 heteroatoms. The van der Waals surface area contributed by atoms with Gasteiger partial charge in [0.2, 0.25) is 0 Å². The Kier molecular flexibility index (Phi) is 18.4. The molecule has 1 unspecified atom stereocenters. The highest BCUT2D eigenvalue weighted by Crippen LogP contribution is 2.22. The summed E-state index contributed by atoms with van der Waals surface area (Å²) in [5.74, 6) is 0.318. The first kappa shape index (κ1) is 33.6. The van der Waals surface area contributed by atoms with Gasteiger partial charge in [-0.1, -0.05) is 78.2 Å². The van der Waals surface area contributed by atoms with Gasteiger partial charge in [-0.05, 0) is 50.4 Å². The van der Waals surface area contributed by atoms with Crippen LogP contribution in [0.15, 0.2) is 16.6 Å². The van der Waals surface area contributed by atoms with E-state index in [2.05, 4.69) is 42.2 Å². The van der Waals surface area contributed by atoms with Crippen LogP contribution in [-0.2, 0) is 19.1 Å². The largest absolute Gasteiger partial charge is 0.524 e. The summed E-state index contributed by atoms with van der Waals surface area (Å²) in [6, 6.07) is -1.05. The minimum Gasteiger partial charge on any atom is -0.370 e. The first-order valence-corrected chi connectivity index (χ1v) is 13.4. The van der Waals surface area contributed by atoms with E-state index in [1.165, 1.54) is 44.6 Å². The normalized spacial score (nSPS) is 14.1. The predicted octanol–water partition coefficient (Wildman–Crippen LogP) is 4.96. The van der Waals surface area contributed by atoms with Crippen LogP contribution in [0.2, 0.25) is 0 Å². The highest BCUT2D eigenvalue weighted by molar-refractivity contribution is 5.94. The lowest BCUT2D eigenvalue weighted by molar-refractivity contribution is -0.145. The first-order chi connectivity index (χ1) is 16.9. The average Bonchev–Trinajstić information content (AvgIpc) is 2.75. The molecule has 0 bridgehead atoms. The van der Waals surface area contributed by atoms with Crippen LogP contribution >= 0.6 is 0 Å². The highest BCUT2D eigenvalue weighted by atomic mass is 16.8. The topological polar surface area (TPSA) is 160 Å². The fraction of sp³-hybridized carbons (Fsp3) is 0.778. The van der Waals surface area contributed by atoms with E-state index in [1.54, 1.807) is 0 Å². The summed E-state index contributed by atoms with van der Waals surface area (Å²) in [6.45, 7) is 11.3. The Morgan fingerprint density at radius 2 is 1.36 bits per heavy atom. The van der Waals surface area contributed by atoms with Crippen molar-refractivity contribution in [3.05, 3.63) is 11.6 Å². The molecule has 0 fully saturated rings. The molecule has 6 N–H and O–H groups in total. The second kappa shape index (κ2) is 19.7. The fourth-order valence-corrected chi connectivity index (χ4v) is 3.91. The van der Waals surface area contributed by atoms with E-state index < -0.39 is 24.1 Å². The Balaban J connectivity index is 4.10. The second-order valence-corrected chi connectivity index (χ2v) is 10.5. The number of guanidine groups is 1. The summed E-state index contributed by atoms with van der Waals surface area (Å²) in [6.07, 6.45) is 11.0. The van der Waals surface area contributed by atoms with Gasteiger partial charge in [0.25, 0.3) is 0 Å². The molecular weight excluding hydrogens is 460 g/mol. The van der Waals surface area contributed by atoms with Crippen molar-refractivity contribution in [2.75, 3.05) is 6.54 Å². The van der Waals surface area contributed by atoms with Crippen molar-refractivity contribution in [2.24, 2.45) is 39.9 Å². The van der Waals surface area contributed by atoms with E-state index in [1.807, 2.05) is 6.92 Å². The number of hydrogen-bond donors (Lipinski definition) is 3. The van der Waals surface area contributed by atoms with Gasteiger partial charge in [0.1, 0.15) is 6.04 Å². The molecule has 0 aromatic carbocycles. The fourth-order valence-electron chi connectivity index (χ4n) is 3.91. The SMILES string of the molecule is C/C(=C\C(=O)OC(=O)OC(=O)C(N)CCCN=C(N)N)CCC[C@H](C)CCC[C@H](C)CCCC(C)C. The molecule has 0 amide bonds. The van der Waals surface area contributed by atoms with Gasteiger partial charge in [-0.25, -0.2) is 14.4 Å². The number of nitrogens with two attached hydrogens (primary N) is 3. The molecule has 0 saturated heterocycles. The number of rotatable bonds is 18. The van der Waals surface area contributed by atoms with Gasteiger partial charge in [-0.3, -0.25) is 4.99 Å². The zero-order chi connectivity index (χ0) is 27.5. The number of carbonyl (C=O) groups excluding carboxylic acids is 3. The van der Waals surface area contributed by atoms with E-state index in [0.717, 1.165) is 36.7 Å². The van der Waals surface area contributed by atoms with Gasteiger partial charge in [0.15, 0.2) is 5.96 Å². The number of hydrogen-bond acceptors (Lipinski definition) is 7. The molecule has 0 saturated carbocycles. The molecule has 208 valence electrons. The molecule has 3 atom stereocenters. The van der Waals surface area contributed by atoms with Crippen LogP contribution in [0.5, 0.6) is 0 Å². The summed E-state index contributed by atoms with van der Waals surface area (Å²) in [5.41, 5.74) is 16.9. The monoisotopic (exact) mass is 510 g/mol. The summed E-state index contributed by atoms with van der Waals surface area (Å²) in [5, 5.41) is 0. The molecule has 0 aliphatic carbocycles. The third-order valence-corrected chi connectivity index (χ3v) is 6.14. The van der Waals surface area contributed by atoms with E-state index in [9.17, 15) is 14.4 Å². The lowest BCUT2D eigenvalue weighted by Gasteiger charge is -2.15. The van der Waals surface area contributed by atoms with Crippen LogP contribution in [-0.4, -0.2) is 36.6 Å². The van der Waals surface area contributed by atoms with Crippen LogP contribution in [0.1, 0.15) is 105 Å². The molecule has 0 heterocycles. The molecule has 0 rings (SSSR count). The second-order valence-electron chi connectivity index (χ2n) is 10.5. The highest BCUT2D eigenvalue weighted by Gasteiger charge is 2.21. The van der Waals surface area contributed by atoms with Crippen LogP contribution in [0, 0.1) is 17.8 Å². The summed E-state index contributed by atoms with van der Waals surface area (Å²) >= 11 is 0. The van der Waals surface area contributed by atoms with Gasteiger partial charge in [0, 0.05) is 12.6 Å². The zero-order valence-corrected chi connectivity index (χ0v) is 23.1. The number of nitrogens with zero attached hydrogens (tertiary/aromatic N) is 1. The lowest BCUT2D eigenvalue weighted by Crippen LogP contribution is -2.34. The van der Waals surface area contributed by atoms with Crippen LogP contribution in [0.4, 0.5) is 4.79 Å². The van der Waals surface area contributed by atoms with Gasteiger partial charge in [0.05, 0.1) is 0 Å². The molecule has 0 spiro atoms. The van der Waals surface area contributed by atoms with Crippen molar-refractivity contribution in [3.8, 4) is 0 Å². The van der Waals surface area contributed by atoms with Crippen molar-refractivity contribution in [3.63, 3.8) is 0 Å². The Labute approximate surface area is 217 Å². The maximum Gasteiger partial charge on any atom is 0.524 e. The van der Waals surface area contributed by atoms with Crippen molar-refractivity contribution in [2.45, 2.75) is 111 Å². The molecule has 0 radical (unpaired) electrons. The van der Waals surface area contributed by atoms with E-state index in [4.69, 9.17) is 17.2 Å². The Bertz CT molecular complexity index is 717. The Hall–Kier alpha value is -2.42. The van der Waals surface area contributed by atoms with E-state index >= 15 is 0 Å². The molecule has 0 aliphatic rings. The molecule has 9 nitrogen and oxygen atoms in total. The van der Waals surface area contributed by atoms with Crippen molar-refractivity contribution < 1.29 is 23.9 Å². The van der Waals surface area contributed by atoms with Crippen molar-refractivity contribution in [1.82, 2.24) is 0 Å². The number of ether oxygens (including phenoxy) is 2. The maximum absolute atomic E-state index is 11.9. The number of carbonyl (C=O) groups is 3. The summed E-state index contributed by atoms with van der Waals surface area (Å²) < 4.78 is 9.02. The minimum absolute atomic E-state index is 0.0565. The van der Waals surface area contributed by atoms with Gasteiger partial charge in [-0.15, -0.1) is 0 Å². The van der Waals surface area contributed by atoms with Gasteiger partial charge >= 0.3 is 18.1 Å². The Morgan fingerprint density at radius 3 is 1.92 bits per heavy atom. The Morgan fingerprint density at radius 1 is 0.806 bits per heavy atom. The minimum atomic E-state index is -1.39. The molecule has 36 heavy (non-hydrogen) atoms. The lowest BCUT2D eigenvalue weighted by atomic mass is 9.91. The maximum atomic E-state index is 11.9. The van der Waals surface area contributed by atoms with Crippen LogP contribution in [0.25, 0.3) is 0 Å². The standard InChI is InChI=1S/C27H50N4O5/c1-19(2)10-6-11-20(3)12-7-13-21(4)14-8-15-22(5)18-24(32)35-27(34)36-25(33)23(28)16-9-17-31-26(29)30/h18-21,23H,6-17,28H2,1-5H3,(H4,29,30,31)/b22-18+/t20-,21-,23?/m1/s1. The number of allylic oxidation sites excluding steroid dienone is 1. The van der Waals surface area contributed by atoms with Gasteiger partial charge < -0.3 is 26.7 Å². The van der Waals surface area contributed by atoms with E-state index in [-0.39, 0.29) is 12.4 Å². The quantitative estimate of drug-likeness (QED) is 0.0582. The third-order valence-electron chi connectivity index (χ3n) is 6.14. The van der Waals surface area contributed by atoms with Crippen molar-refractivity contribution in [1.29, 1.82) is 0 Å². The summed E-state index contributed by atoms with van der Waals surface area (Å²) in [4.78, 5) is 39.2. The molecule has 0 aliphatic heterocycles. The smallest absolute Gasteiger partial charge is 0.370 e. The molecule has 0 aromatic rings. The average molecular weight is 511 g/mol.